The largest absolute Gasteiger partial charge is 0.354 e. The Morgan fingerprint density at radius 1 is 0.829 bits per heavy atom. The van der Waals surface area contributed by atoms with Crippen molar-refractivity contribution < 1.29 is 8.42 Å². The minimum Gasteiger partial charge on any atom is -0.354 e. The van der Waals surface area contributed by atoms with Gasteiger partial charge in [-0.05, 0) is 49.4 Å². The summed E-state index contributed by atoms with van der Waals surface area (Å²) in [5.74, 6) is 1.65. The molecule has 0 atom stereocenters. The predicted molar refractivity (Wildman–Crippen MR) is 142 cm³/mol. The standard InChI is InChI=1S/C28H36N4O2S/c1-20-7-9-23(10-8-20)19-26-21(2)29-22(3)30-27(26)31-15-17-32(18-16-31)35(33,34)25-13-11-24(12-14-25)28(4,5)6/h7-14H,15-19H2,1-6H3. The van der Waals surface area contributed by atoms with Crippen molar-refractivity contribution in [2.75, 3.05) is 31.1 Å². The van der Waals surface area contributed by atoms with Gasteiger partial charge in [-0.15, -0.1) is 0 Å². The van der Waals surface area contributed by atoms with Gasteiger partial charge < -0.3 is 4.90 Å². The molecule has 1 fully saturated rings. The lowest BCUT2D eigenvalue weighted by molar-refractivity contribution is 0.383. The van der Waals surface area contributed by atoms with E-state index in [-0.39, 0.29) is 5.41 Å². The normalized spacial score (nSPS) is 15.4. The first-order chi connectivity index (χ1) is 16.4. The number of aromatic nitrogens is 2. The van der Waals surface area contributed by atoms with Crippen LogP contribution in [-0.4, -0.2) is 48.9 Å². The van der Waals surface area contributed by atoms with Crippen LogP contribution in [0.2, 0.25) is 0 Å². The number of hydrogen-bond donors (Lipinski definition) is 0. The number of sulfonamides is 1. The lowest BCUT2D eigenvalue weighted by Crippen LogP contribution is -2.49. The summed E-state index contributed by atoms with van der Waals surface area (Å²) in [6.45, 7) is 14.4. The molecule has 0 N–H and O–H groups in total. The minimum atomic E-state index is -3.54. The molecular formula is C28H36N4O2S. The van der Waals surface area contributed by atoms with E-state index >= 15 is 0 Å². The van der Waals surface area contributed by atoms with Crippen LogP contribution in [0.3, 0.4) is 0 Å². The van der Waals surface area contributed by atoms with Crippen LogP contribution < -0.4 is 4.90 Å². The molecule has 2 heterocycles. The summed E-state index contributed by atoms with van der Waals surface area (Å²) < 4.78 is 28.2. The molecule has 0 aliphatic carbocycles. The van der Waals surface area contributed by atoms with Gasteiger partial charge in [0.25, 0.3) is 0 Å². The highest BCUT2D eigenvalue weighted by molar-refractivity contribution is 7.89. The van der Waals surface area contributed by atoms with Crippen molar-refractivity contribution in [2.45, 2.75) is 58.3 Å². The van der Waals surface area contributed by atoms with Gasteiger partial charge in [0, 0.05) is 43.9 Å². The van der Waals surface area contributed by atoms with E-state index in [4.69, 9.17) is 4.98 Å². The number of piperazine rings is 1. The second-order valence-corrected chi connectivity index (χ2v) is 12.4. The van der Waals surface area contributed by atoms with Crippen LogP contribution >= 0.6 is 0 Å². The van der Waals surface area contributed by atoms with E-state index < -0.39 is 10.0 Å². The molecule has 2 aromatic carbocycles. The fraction of sp³-hybridized carbons (Fsp3) is 0.429. The Kier molecular flexibility index (Phi) is 7.02. The van der Waals surface area contributed by atoms with E-state index in [1.165, 1.54) is 11.1 Å². The van der Waals surface area contributed by atoms with Gasteiger partial charge in [0.1, 0.15) is 11.6 Å². The Hall–Kier alpha value is -2.77. The van der Waals surface area contributed by atoms with Crippen molar-refractivity contribution in [2.24, 2.45) is 0 Å². The highest BCUT2D eigenvalue weighted by Crippen LogP contribution is 2.28. The fourth-order valence-corrected chi connectivity index (χ4v) is 5.93. The average Bonchev–Trinajstić information content (AvgIpc) is 2.81. The van der Waals surface area contributed by atoms with Crippen molar-refractivity contribution >= 4 is 15.8 Å². The quantitative estimate of drug-likeness (QED) is 0.512. The molecule has 0 unspecified atom stereocenters. The smallest absolute Gasteiger partial charge is 0.243 e. The van der Waals surface area contributed by atoms with Gasteiger partial charge in [0.05, 0.1) is 4.90 Å². The third-order valence-electron chi connectivity index (χ3n) is 6.70. The first-order valence-corrected chi connectivity index (χ1v) is 13.6. The van der Waals surface area contributed by atoms with Crippen molar-refractivity contribution in [1.29, 1.82) is 0 Å². The van der Waals surface area contributed by atoms with Crippen LogP contribution in [0.4, 0.5) is 5.82 Å². The van der Waals surface area contributed by atoms with Crippen LogP contribution in [0.1, 0.15) is 54.5 Å². The fourth-order valence-electron chi connectivity index (χ4n) is 4.51. The van der Waals surface area contributed by atoms with Gasteiger partial charge in [-0.1, -0.05) is 62.7 Å². The van der Waals surface area contributed by atoms with Gasteiger partial charge >= 0.3 is 0 Å². The number of hydrogen-bond acceptors (Lipinski definition) is 5. The number of rotatable bonds is 5. The summed E-state index contributed by atoms with van der Waals surface area (Å²) in [5.41, 5.74) is 5.63. The van der Waals surface area contributed by atoms with Gasteiger partial charge in [-0.3, -0.25) is 0 Å². The zero-order valence-corrected chi connectivity index (χ0v) is 22.5. The van der Waals surface area contributed by atoms with Crippen molar-refractivity contribution in [1.82, 2.24) is 14.3 Å². The zero-order valence-electron chi connectivity index (χ0n) is 21.7. The first-order valence-electron chi connectivity index (χ1n) is 12.2. The van der Waals surface area contributed by atoms with E-state index in [0.717, 1.165) is 34.9 Å². The molecule has 7 heteroatoms. The molecule has 0 spiro atoms. The summed E-state index contributed by atoms with van der Waals surface area (Å²) in [4.78, 5) is 12.0. The third kappa shape index (κ3) is 5.57. The summed E-state index contributed by atoms with van der Waals surface area (Å²) >= 11 is 0. The molecule has 0 bridgehead atoms. The molecule has 0 radical (unpaired) electrons. The molecule has 35 heavy (non-hydrogen) atoms. The van der Waals surface area contributed by atoms with Crippen molar-refractivity contribution in [3.8, 4) is 0 Å². The Morgan fingerprint density at radius 3 is 2.00 bits per heavy atom. The van der Waals surface area contributed by atoms with E-state index in [9.17, 15) is 8.42 Å². The molecule has 4 rings (SSSR count). The van der Waals surface area contributed by atoms with E-state index in [1.54, 1.807) is 16.4 Å². The summed E-state index contributed by atoms with van der Waals surface area (Å²) in [6.07, 6.45) is 0.750. The van der Waals surface area contributed by atoms with Gasteiger partial charge in [0.2, 0.25) is 10.0 Å². The van der Waals surface area contributed by atoms with Gasteiger partial charge in [0.15, 0.2) is 0 Å². The Balaban J connectivity index is 1.53. The minimum absolute atomic E-state index is 0.0159. The molecule has 3 aromatic rings. The van der Waals surface area contributed by atoms with Crippen LogP contribution in [-0.2, 0) is 21.9 Å². The first kappa shape index (κ1) is 25.3. The Labute approximate surface area is 210 Å². The van der Waals surface area contributed by atoms with Crippen LogP contribution in [0.25, 0.3) is 0 Å². The maximum atomic E-state index is 13.3. The lowest BCUT2D eigenvalue weighted by atomic mass is 9.87. The molecule has 6 nitrogen and oxygen atoms in total. The van der Waals surface area contributed by atoms with Gasteiger partial charge in [-0.25, -0.2) is 18.4 Å². The maximum Gasteiger partial charge on any atom is 0.243 e. The molecule has 1 aliphatic rings. The third-order valence-corrected chi connectivity index (χ3v) is 8.61. The number of benzene rings is 2. The Bertz CT molecular complexity index is 1290. The second kappa shape index (κ2) is 9.70. The average molecular weight is 493 g/mol. The predicted octanol–water partition coefficient (Wildman–Crippen LogP) is 4.80. The second-order valence-electron chi connectivity index (χ2n) is 10.5. The SMILES string of the molecule is Cc1ccc(Cc2c(C)nc(C)nc2N2CCN(S(=O)(=O)c3ccc(C(C)(C)C)cc3)CC2)cc1. The molecule has 186 valence electrons. The maximum absolute atomic E-state index is 13.3. The van der Waals surface area contributed by atoms with Crippen LogP contribution in [0.15, 0.2) is 53.4 Å². The molecule has 1 saturated heterocycles. The highest BCUT2D eigenvalue weighted by atomic mass is 32.2. The monoisotopic (exact) mass is 492 g/mol. The zero-order chi connectivity index (χ0) is 25.4. The highest BCUT2D eigenvalue weighted by Gasteiger charge is 2.30. The summed E-state index contributed by atoms with van der Waals surface area (Å²) in [6, 6.07) is 15.9. The number of aryl methyl sites for hydroxylation is 3. The lowest BCUT2D eigenvalue weighted by Gasteiger charge is -2.36. The summed E-state index contributed by atoms with van der Waals surface area (Å²) in [5, 5.41) is 0. The van der Waals surface area contributed by atoms with Crippen LogP contribution in [0, 0.1) is 20.8 Å². The Morgan fingerprint density at radius 2 is 1.43 bits per heavy atom. The van der Waals surface area contributed by atoms with E-state index in [1.807, 2.05) is 26.0 Å². The number of anilines is 1. The molecule has 0 amide bonds. The number of nitrogens with zero attached hydrogens (tertiary/aromatic N) is 4. The van der Waals surface area contributed by atoms with Crippen molar-refractivity contribution in [3.63, 3.8) is 0 Å². The van der Waals surface area contributed by atoms with E-state index in [2.05, 4.69) is 61.8 Å². The van der Waals surface area contributed by atoms with E-state index in [0.29, 0.717) is 31.1 Å². The molecular weight excluding hydrogens is 456 g/mol. The molecule has 1 aliphatic heterocycles. The van der Waals surface area contributed by atoms with Gasteiger partial charge in [-0.2, -0.15) is 4.31 Å². The molecule has 0 saturated carbocycles. The van der Waals surface area contributed by atoms with Crippen LogP contribution in [0.5, 0.6) is 0 Å². The van der Waals surface area contributed by atoms with Crippen molar-refractivity contribution in [3.05, 3.63) is 82.3 Å². The molecule has 1 aromatic heterocycles. The summed E-state index contributed by atoms with van der Waals surface area (Å²) in [7, 11) is -3.54. The topological polar surface area (TPSA) is 66.4 Å².